The van der Waals surface area contributed by atoms with Gasteiger partial charge in [-0.15, -0.1) is 0 Å². The van der Waals surface area contributed by atoms with Crippen LogP contribution in [0.4, 0.5) is 15.5 Å². The number of nitrogens with two attached hydrogens (primary N) is 1. The molecule has 2 aromatic heterocycles. The fraction of sp³-hybridized carbons (Fsp3) is 0.667. The number of rotatable bonds is 11. The van der Waals surface area contributed by atoms with Crippen molar-refractivity contribution in [3.63, 3.8) is 0 Å². The van der Waals surface area contributed by atoms with Crippen LogP contribution in [0.2, 0.25) is 0 Å². The molecule has 0 spiro atoms. The number of nitrogens with zero attached hydrogens (tertiary/aromatic N) is 4. The molecule has 0 aliphatic heterocycles. The molecule has 0 radical (unpaired) electrons. The summed E-state index contributed by atoms with van der Waals surface area (Å²) in [5.74, 6) is -0.174. The lowest BCUT2D eigenvalue weighted by atomic mass is 10.2. The van der Waals surface area contributed by atoms with E-state index in [2.05, 4.69) is 15.0 Å². The van der Waals surface area contributed by atoms with Crippen molar-refractivity contribution in [1.29, 1.82) is 0 Å². The molecule has 1 saturated carbocycles. The Hall–Kier alpha value is -3.00. The molecule has 15 nitrogen and oxygen atoms in total. The molecule has 4 N–H and O–H groups in total. The first-order valence-electron chi connectivity index (χ1n) is 11.5. The smallest absolute Gasteiger partial charge is 0.432 e. The van der Waals surface area contributed by atoms with E-state index in [0.29, 0.717) is 17.6 Å². The number of carbonyl (C=O) groups excluding carboxylic acids is 2. The molecule has 0 amide bonds. The van der Waals surface area contributed by atoms with Gasteiger partial charge in [-0.05, 0) is 40.0 Å². The Kier molecular flexibility index (Phi) is 8.32. The Morgan fingerprint density at radius 3 is 2.16 bits per heavy atom. The molecule has 2 aromatic rings. The molecule has 16 heteroatoms. The third-order valence-corrected chi connectivity index (χ3v) is 7.03. The highest BCUT2D eigenvalue weighted by atomic mass is 31.2. The van der Waals surface area contributed by atoms with Crippen LogP contribution >= 0.6 is 7.60 Å². The molecule has 37 heavy (non-hydrogen) atoms. The lowest BCUT2D eigenvalue weighted by Gasteiger charge is -2.37. The van der Waals surface area contributed by atoms with Crippen LogP contribution in [0.15, 0.2) is 12.5 Å². The van der Waals surface area contributed by atoms with Crippen LogP contribution in [0.3, 0.4) is 0 Å². The highest BCUT2D eigenvalue weighted by molar-refractivity contribution is 7.53. The maximum absolute atomic E-state index is 12.8. The number of hydrogen-bond donors (Lipinski definition) is 3. The summed E-state index contributed by atoms with van der Waals surface area (Å²) in [5, 5.41) is -2.56. The molecule has 1 fully saturated rings. The van der Waals surface area contributed by atoms with E-state index in [9.17, 15) is 23.9 Å². The number of carbonyl (C=O) groups is 2. The minimum absolute atomic E-state index is 0.0201. The molecule has 206 valence electrons. The van der Waals surface area contributed by atoms with Gasteiger partial charge in [0.1, 0.15) is 18.7 Å². The summed E-state index contributed by atoms with van der Waals surface area (Å²) in [5.41, 5.74) is 5.39. The zero-order valence-electron chi connectivity index (χ0n) is 21.2. The summed E-state index contributed by atoms with van der Waals surface area (Å²) in [6.45, 7) is 6.25. The largest absolute Gasteiger partial charge is 0.508 e. The molecule has 0 bridgehead atoms. The van der Waals surface area contributed by atoms with E-state index in [1.54, 1.807) is 32.3 Å². The summed E-state index contributed by atoms with van der Waals surface area (Å²) < 4.78 is 40.4. The Labute approximate surface area is 212 Å². The van der Waals surface area contributed by atoms with Gasteiger partial charge in [0.05, 0.1) is 36.9 Å². The summed E-state index contributed by atoms with van der Waals surface area (Å²) in [6.07, 6.45) is -0.148. The van der Waals surface area contributed by atoms with Crippen LogP contribution < -0.4 is 5.73 Å². The highest BCUT2D eigenvalue weighted by Crippen LogP contribution is 2.59. The topological polar surface area (TPSA) is 207 Å². The quantitative estimate of drug-likeness (QED) is 0.273. The lowest BCUT2D eigenvalue weighted by molar-refractivity contribution is -0.137. The Balaban J connectivity index is 1.93. The third kappa shape index (κ3) is 6.86. The fourth-order valence-electron chi connectivity index (χ4n) is 3.63. The molecule has 2 heterocycles. The molecule has 2 atom stereocenters. The maximum Gasteiger partial charge on any atom is 0.508 e. The van der Waals surface area contributed by atoms with Crippen LogP contribution in [-0.4, -0.2) is 78.0 Å². The number of nitrogen functional groups attached to an aromatic ring is 1. The number of hydrogen-bond acceptors (Lipinski definition) is 12. The van der Waals surface area contributed by atoms with Gasteiger partial charge < -0.3 is 43.8 Å². The Morgan fingerprint density at radius 1 is 1.16 bits per heavy atom. The van der Waals surface area contributed by atoms with Gasteiger partial charge in [0.25, 0.3) is 0 Å². The predicted molar refractivity (Wildman–Crippen MR) is 127 cm³/mol. The van der Waals surface area contributed by atoms with Crippen molar-refractivity contribution in [3.05, 3.63) is 12.5 Å². The zero-order valence-corrected chi connectivity index (χ0v) is 22.1. The van der Waals surface area contributed by atoms with Gasteiger partial charge in [-0.25, -0.2) is 19.6 Å². The number of aromatic nitrogens is 4. The van der Waals surface area contributed by atoms with E-state index in [-0.39, 0.29) is 18.4 Å². The first kappa shape index (κ1) is 28.6. The van der Waals surface area contributed by atoms with E-state index in [1.165, 1.54) is 12.5 Å². The lowest BCUT2D eigenvalue weighted by Crippen LogP contribution is -2.48. The average molecular weight is 545 g/mol. The van der Waals surface area contributed by atoms with E-state index >= 15 is 0 Å². The van der Waals surface area contributed by atoms with Crippen molar-refractivity contribution >= 4 is 37.0 Å². The van der Waals surface area contributed by atoms with E-state index in [0.717, 1.165) is 0 Å². The summed E-state index contributed by atoms with van der Waals surface area (Å²) >= 11 is 0. The summed E-state index contributed by atoms with van der Waals surface area (Å²) in [4.78, 5) is 57.2. The SMILES string of the molecule is CC(C)OC(=O)OCC(COC(=O)OC(C)C)(O[C@@]1(Cn2cnc3cnc(N)nc32)C[C@@H]1C)P(=O)(O)O. The van der Waals surface area contributed by atoms with Gasteiger partial charge >= 0.3 is 19.9 Å². The monoisotopic (exact) mass is 545 g/mol. The van der Waals surface area contributed by atoms with Gasteiger partial charge in [-0.3, -0.25) is 4.57 Å². The minimum Gasteiger partial charge on any atom is -0.432 e. The summed E-state index contributed by atoms with van der Waals surface area (Å²) in [7, 11) is -5.27. The zero-order chi connectivity index (χ0) is 27.6. The third-order valence-electron chi connectivity index (χ3n) is 5.62. The average Bonchev–Trinajstić information content (AvgIpc) is 3.21. The fourth-order valence-corrected chi connectivity index (χ4v) is 4.40. The standard InChI is InChI=1S/C21H32N5O10P/c1-12(2)34-18(27)32-9-21(37(29,30)31,10-33-19(28)35-13(3)4)36-20(6-14(20)5)8-26-11-24-15-7-23-17(22)25-16(15)26/h7,11-14H,6,8-10H2,1-5H3,(H2,22,23,25)(H2,29,30,31)/t14-,20+/m0/s1. The van der Waals surface area contributed by atoms with Crippen molar-refractivity contribution in [3.8, 4) is 0 Å². The molecule has 1 aliphatic rings. The first-order valence-corrected chi connectivity index (χ1v) is 13.1. The van der Waals surface area contributed by atoms with Gasteiger partial charge in [-0.2, -0.15) is 4.98 Å². The highest BCUT2D eigenvalue weighted by Gasteiger charge is 2.63. The van der Waals surface area contributed by atoms with Crippen LogP contribution in [0, 0.1) is 5.92 Å². The van der Waals surface area contributed by atoms with Gasteiger partial charge in [0.15, 0.2) is 5.65 Å². The Bertz CT molecular complexity index is 1160. The van der Waals surface area contributed by atoms with Gasteiger partial charge in [0.2, 0.25) is 11.3 Å². The Morgan fingerprint density at radius 2 is 1.70 bits per heavy atom. The second-order valence-corrected chi connectivity index (χ2v) is 11.4. The van der Waals surface area contributed by atoms with E-state index < -0.39 is 56.3 Å². The second-order valence-electron chi connectivity index (χ2n) is 9.48. The van der Waals surface area contributed by atoms with Crippen molar-refractivity contribution in [2.45, 2.75) is 70.7 Å². The number of fused-ring (bicyclic) bond motifs is 1. The second kappa shape index (κ2) is 10.8. The molecular weight excluding hydrogens is 513 g/mol. The normalized spacial score (nSPS) is 19.8. The number of imidazole rings is 1. The molecule has 3 rings (SSSR count). The van der Waals surface area contributed by atoms with Crippen LogP contribution in [0.1, 0.15) is 41.0 Å². The van der Waals surface area contributed by atoms with Crippen LogP contribution in [0.25, 0.3) is 11.2 Å². The molecule has 0 unspecified atom stereocenters. The maximum atomic E-state index is 12.8. The van der Waals surface area contributed by atoms with Crippen molar-refractivity contribution in [1.82, 2.24) is 19.5 Å². The number of anilines is 1. The van der Waals surface area contributed by atoms with Crippen molar-refractivity contribution in [2.24, 2.45) is 5.92 Å². The minimum atomic E-state index is -5.27. The number of ether oxygens (including phenoxy) is 5. The van der Waals surface area contributed by atoms with Gasteiger partial charge in [0, 0.05) is 0 Å². The van der Waals surface area contributed by atoms with Crippen LogP contribution in [-0.2, 0) is 34.8 Å². The predicted octanol–water partition coefficient (Wildman–Crippen LogP) is 2.20. The summed E-state index contributed by atoms with van der Waals surface area (Å²) in [6, 6.07) is 0. The molecule has 0 aromatic carbocycles. The molecule has 0 saturated heterocycles. The van der Waals surface area contributed by atoms with Gasteiger partial charge in [-0.1, -0.05) is 6.92 Å². The van der Waals surface area contributed by atoms with E-state index in [1.807, 2.05) is 6.92 Å². The van der Waals surface area contributed by atoms with E-state index in [4.69, 9.17) is 29.4 Å². The van der Waals surface area contributed by atoms with Crippen molar-refractivity contribution in [2.75, 3.05) is 18.9 Å². The first-order chi connectivity index (χ1) is 17.2. The molecule has 1 aliphatic carbocycles. The van der Waals surface area contributed by atoms with Crippen LogP contribution in [0.5, 0.6) is 0 Å². The molecular formula is C21H32N5O10P. The van der Waals surface area contributed by atoms with Crippen molar-refractivity contribution < 1.29 is 47.6 Å².